The summed E-state index contributed by atoms with van der Waals surface area (Å²) in [5.74, 6) is -0.214. The number of nitrogens with one attached hydrogen (secondary N) is 1. The Morgan fingerprint density at radius 1 is 1.27 bits per heavy atom. The van der Waals surface area contributed by atoms with Crippen molar-refractivity contribution < 1.29 is 9.59 Å². The number of thiophene rings is 1. The van der Waals surface area contributed by atoms with Crippen LogP contribution in [0.15, 0.2) is 35.0 Å². The summed E-state index contributed by atoms with van der Waals surface area (Å²) >= 11 is 1.47. The van der Waals surface area contributed by atoms with Gasteiger partial charge in [0.1, 0.15) is 6.04 Å². The zero-order valence-corrected chi connectivity index (χ0v) is 13.4. The van der Waals surface area contributed by atoms with E-state index in [-0.39, 0.29) is 11.8 Å². The summed E-state index contributed by atoms with van der Waals surface area (Å²) in [6.45, 7) is 4.72. The molecule has 1 fully saturated rings. The van der Waals surface area contributed by atoms with Gasteiger partial charge in [-0.1, -0.05) is 6.07 Å². The molecular formula is C17H18N2O2S. The maximum Gasteiger partial charge on any atom is 0.252 e. The molecule has 1 N–H and O–H groups in total. The van der Waals surface area contributed by atoms with Gasteiger partial charge in [0.25, 0.3) is 5.91 Å². The van der Waals surface area contributed by atoms with Gasteiger partial charge in [-0.25, -0.2) is 0 Å². The van der Waals surface area contributed by atoms with E-state index < -0.39 is 6.04 Å². The highest BCUT2D eigenvalue weighted by Crippen LogP contribution is 2.24. The van der Waals surface area contributed by atoms with Crippen LogP contribution in [-0.2, 0) is 4.79 Å². The molecule has 1 aliphatic rings. The number of carbonyl (C=O) groups is 2. The van der Waals surface area contributed by atoms with Crippen molar-refractivity contribution in [2.45, 2.75) is 26.3 Å². The number of amides is 2. The Morgan fingerprint density at radius 2 is 2.09 bits per heavy atom. The molecular weight excluding hydrogens is 296 g/mol. The molecule has 4 nitrogen and oxygen atoms in total. The number of nitrogens with zero attached hydrogens (tertiary/aromatic N) is 1. The molecule has 1 aromatic carbocycles. The molecule has 1 aromatic heterocycles. The van der Waals surface area contributed by atoms with Gasteiger partial charge in [-0.15, -0.1) is 0 Å². The molecule has 0 aliphatic carbocycles. The lowest BCUT2D eigenvalue weighted by Crippen LogP contribution is -2.41. The number of hydrogen-bond donors (Lipinski definition) is 1. The third kappa shape index (κ3) is 2.76. The molecule has 2 amide bonds. The second-order valence-corrected chi connectivity index (χ2v) is 6.37. The van der Waals surface area contributed by atoms with Crippen molar-refractivity contribution in [3.8, 4) is 0 Å². The van der Waals surface area contributed by atoms with E-state index in [2.05, 4.69) is 12.2 Å². The Kier molecular flexibility index (Phi) is 3.98. The van der Waals surface area contributed by atoms with Gasteiger partial charge in [0, 0.05) is 17.6 Å². The highest BCUT2D eigenvalue weighted by atomic mass is 32.1. The molecule has 1 saturated heterocycles. The summed E-state index contributed by atoms with van der Waals surface area (Å²) in [6.07, 6.45) is 0.641. The molecule has 22 heavy (non-hydrogen) atoms. The van der Waals surface area contributed by atoms with E-state index in [1.807, 2.05) is 30.5 Å². The van der Waals surface area contributed by atoms with E-state index in [1.165, 1.54) is 16.9 Å². The molecule has 114 valence electrons. The van der Waals surface area contributed by atoms with Crippen molar-refractivity contribution in [3.63, 3.8) is 0 Å². The number of anilines is 1. The molecule has 0 saturated carbocycles. The average Bonchev–Trinajstić information content (AvgIpc) is 3.13. The van der Waals surface area contributed by atoms with Crippen molar-refractivity contribution in [1.82, 2.24) is 5.32 Å². The highest BCUT2D eigenvalue weighted by molar-refractivity contribution is 7.08. The van der Waals surface area contributed by atoms with Crippen molar-refractivity contribution in [2.24, 2.45) is 0 Å². The van der Waals surface area contributed by atoms with Crippen molar-refractivity contribution >= 4 is 28.8 Å². The van der Waals surface area contributed by atoms with Crippen LogP contribution in [0.3, 0.4) is 0 Å². The summed E-state index contributed by atoms with van der Waals surface area (Å²) in [4.78, 5) is 26.4. The lowest BCUT2D eigenvalue weighted by Gasteiger charge is -2.18. The molecule has 1 atom stereocenters. The number of rotatable bonds is 3. The Morgan fingerprint density at radius 3 is 2.77 bits per heavy atom. The molecule has 0 spiro atoms. The minimum absolute atomic E-state index is 0.0353. The minimum Gasteiger partial charge on any atom is -0.340 e. The predicted molar refractivity (Wildman–Crippen MR) is 88.5 cm³/mol. The summed E-state index contributed by atoms with van der Waals surface area (Å²) in [5.41, 5.74) is 3.89. The molecule has 1 aliphatic heterocycles. The molecule has 0 radical (unpaired) electrons. The van der Waals surface area contributed by atoms with E-state index in [1.54, 1.807) is 16.3 Å². The summed E-state index contributed by atoms with van der Waals surface area (Å²) < 4.78 is 0. The van der Waals surface area contributed by atoms with Gasteiger partial charge in [-0.3, -0.25) is 9.59 Å². The first-order valence-electron chi connectivity index (χ1n) is 7.28. The SMILES string of the molecule is Cc1ccc(N2CCC(NC(=O)c3ccsc3)C2=O)cc1C. The van der Waals surface area contributed by atoms with Gasteiger partial charge in [0.2, 0.25) is 5.91 Å². The van der Waals surface area contributed by atoms with Crippen LogP contribution in [-0.4, -0.2) is 24.4 Å². The highest BCUT2D eigenvalue weighted by Gasteiger charge is 2.33. The maximum absolute atomic E-state index is 12.5. The molecule has 0 bridgehead atoms. The first-order valence-corrected chi connectivity index (χ1v) is 8.22. The Bertz CT molecular complexity index is 709. The second kappa shape index (κ2) is 5.93. The number of hydrogen-bond acceptors (Lipinski definition) is 3. The van der Waals surface area contributed by atoms with Crippen LogP contribution >= 0.6 is 11.3 Å². The number of carbonyl (C=O) groups excluding carboxylic acids is 2. The van der Waals surface area contributed by atoms with E-state index in [0.29, 0.717) is 18.5 Å². The molecule has 3 rings (SSSR count). The predicted octanol–water partition coefficient (Wildman–Crippen LogP) is 2.90. The smallest absolute Gasteiger partial charge is 0.252 e. The lowest BCUT2D eigenvalue weighted by molar-refractivity contribution is -0.118. The van der Waals surface area contributed by atoms with Gasteiger partial charge in [-0.2, -0.15) is 11.3 Å². The van der Waals surface area contributed by atoms with E-state index >= 15 is 0 Å². The van der Waals surface area contributed by atoms with Gasteiger partial charge < -0.3 is 10.2 Å². The fourth-order valence-corrected chi connectivity index (χ4v) is 3.23. The summed E-state index contributed by atoms with van der Waals surface area (Å²) in [6, 6.07) is 7.34. The monoisotopic (exact) mass is 314 g/mol. The van der Waals surface area contributed by atoms with E-state index in [0.717, 1.165) is 11.3 Å². The quantitative estimate of drug-likeness (QED) is 0.947. The molecule has 2 aromatic rings. The van der Waals surface area contributed by atoms with Crippen LogP contribution in [0.25, 0.3) is 0 Å². The maximum atomic E-state index is 12.5. The molecule has 1 unspecified atom stereocenters. The van der Waals surface area contributed by atoms with Gasteiger partial charge in [0.05, 0.1) is 5.56 Å². The topological polar surface area (TPSA) is 49.4 Å². The van der Waals surface area contributed by atoms with Crippen LogP contribution < -0.4 is 10.2 Å². The van der Waals surface area contributed by atoms with Gasteiger partial charge >= 0.3 is 0 Å². The second-order valence-electron chi connectivity index (χ2n) is 5.59. The zero-order chi connectivity index (χ0) is 15.7. The third-order valence-corrected chi connectivity index (χ3v) is 4.78. The van der Waals surface area contributed by atoms with Crippen molar-refractivity contribution in [1.29, 1.82) is 0 Å². The molecule has 5 heteroatoms. The Balaban J connectivity index is 1.72. The van der Waals surface area contributed by atoms with Gasteiger partial charge in [0.15, 0.2) is 0 Å². The third-order valence-electron chi connectivity index (χ3n) is 4.10. The first-order chi connectivity index (χ1) is 10.6. The van der Waals surface area contributed by atoms with Crippen LogP contribution in [0, 0.1) is 13.8 Å². The van der Waals surface area contributed by atoms with Crippen LogP contribution in [0.1, 0.15) is 27.9 Å². The Hall–Kier alpha value is -2.14. The Labute approximate surface area is 133 Å². The van der Waals surface area contributed by atoms with Crippen LogP contribution in [0.2, 0.25) is 0 Å². The number of aryl methyl sites for hydroxylation is 2. The first kappa shape index (κ1) is 14.8. The summed E-state index contributed by atoms with van der Waals surface area (Å²) in [5, 5.41) is 6.47. The zero-order valence-electron chi connectivity index (χ0n) is 12.6. The fraction of sp³-hybridized carbons (Fsp3) is 0.294. The molecule has 2 heterocycles. The van der Waals surface area contributed by atoms with Gasteiger partial charge in [-0.05, 0) is 55.0 Å². The van der Waals surface area contributed by atoms with Crippen molar-refractivity contribution in [2.75, 3.05) is 11.4 Å². The van der Waals surface area contributed by atoms with Crippen LogP contribution in [0.5, 0.6) is 0 Å². The minimum atomic E-state index is -0.436. The van der Waals surface area contributed by atoms with E-state index in [4.69, 9.17) is 0 Å². The fourth-order valence-electron chi connectivity index (χ4n) is 2.60. The average molecular weight is 314 g/mol. The lowest BCUT2D eigenvalue weighted by atomic mass is 10.1. The standard InChI is InChI=1S/C17H18N2O2S/c1-11-3-4-14(9-12(11)2)19-7-5-15(17(19)21)18-16(20)13-6-8-22-10-13/h3-4,6,8-10,15H,5,7H2,1-2H3,(H,18,20). The van der Waals surface area contributed by atoms with Crippen LogP contribution in [0.4, 0.5) is 5.69 Å². The summed E-state index contributed by atoms with van der Waals surface area (Å²) in [7, 11) is 0. The van der Waals surface area contributed by atoms with E-state index in [9.17, 15) is 9.59 Å². The number of benzene rings is 1. The van der Waals surface area contributed by atoms with Crippen molar-refractivity contribution in [3.05, 3.63) is 51.7 Å². The largest absolute Gasteiger partial charge is 0.340 e. The normalized spacial score (nSPS) is 17.8.